The molecule has 3 aliphatic rings. The maximum Gasteiger partial charge on any atom is 0.252 e. The average molecular weight is 766 g/mol. The number of hydrogen-bond donors (Lipinski definition) is 0. The van der Waals surface area contributed by atoms with E-state index in [-0.39, 0.29) is 22.3 Å². The van der Waals surface area contributed by atoms with Gasteiger partial charge in [-0.15, -0.1) is 0 Å². The molecule has 7 aromatic rings. The summed E-state index contributed by atoms with van der Waals surface area (Å²) in [4.78, 5) is 4.35. The van der Waals surface area contributed by atoms with E-state index >= 15 is 0 Å². The maximum atomic E-state index is 9.28. The number of rotatable bonds is 4. The summed E-state index contributed by atoms with van der Waals surface area (Å²) in [6, 6.07) is 24.1. The number of anilines is 6. The SMILES string of the molecule is [2H]c1c([2H])c([2H])c(C(c2ccc3c(c2)N(c2ccc(C(C)(C)C)cc2C([2H])([2H])[2H])c2cc(C(C)(C)C)cc4c2B3c2cccc3c2N4c2ccccc2C3(C)C)c2c([2H])c([2H])c([2H])c([2H])c2[2H])c([2H])c1[2H]. The minimum absolute atomic E-state index is 0.103. The lowest BCUT2D eigenvalue weighted by atomic mass is 9.33. The first-order valence-electron chi connectivity index (χ1n) is 26.5. The van der Waals surface area contributed by atoms with Crippen molar-refractivity contribution in [3.63, 3.8) is 0 Å². The molecule has 0 aliphatic carbocycles. The summed E-state index contributed by atoms with van der Waals surface area (Å²) >= 11 is 0. The number of para-hydroxylation sites is 2. The lowest BCUT2D eigenvalue weighted by molar-refractivity contribution is 0.589. The first kappa shape index (κ1) is 24.9. The highest BCUT2D eigenvalue weighted by atomic mass is 15.2. The molecule has 0 amide bonds. The van der Waals surface area contributed by atoms with Crippen LogP contribution in [0.1, 0.15) is 124 Å². The zero-order valence-corrected chi connectivity index (χ0v) is 34.2. The first-order valence-corrected chi connectivity index (χ1v) is 20.0. The van der Waals surface area contributed by atoms with Crippen molar-refractivity contribution in [1.29, 1.82) is 0 Å². The Balaban J connectivity index is 1.39. The topological polar surface area (TPSA) is 6.48 Å². The van der Waals surface area contributed by atoms with Crippen LogP contribution < -0.4 is 26.2 Å². The normalized spacial score (nSPS) is 18.2. The van der Waals surface area contributed by atoms with Crippen LogP contribution in [0.25, 0.3) is 0 Å². The fourth-order valence-corrected chi connectivity index (χ4v) is 9.51. The molecular formula is C55H53BN2. The molecule has 286 valence electrons. The highest BCUT2D eigenvalue weighted by Gasteiger charge is 2.48. The molecule has 0 spiro atoms. The van der Waals surface area contributed by atoms with Gasteiger partial charge in [0.05, 0.1) is 19.4 Å². The van der Waals surface area contributed by atoms with Crippen LogP contribution in [0.15, 0.2) is 151 Å². The third kappa shape index (κ3) is 5.46. The smallest absolute Gasteiger partial charge is 0.252 e. The van der Waals surface area contributed by atoms with Gasteiger partial charge in [0.15, 0.2) is 0 Å². The van der Waals surface area contributed by atoms with E-state index in [2.05, 4.69) is 94.1 Å². The van der Waals surface area contributed by atoms with Gasteiger partial charge in [-0.25, -0.2) is 0 Å². The minimum atomic E-state index is -2.62. The standard InChI is InChI=1S/C55H53BN2/c1-35-31-39(53(2,3)4)28-30-45(35)57-47-32-38(50(36-19-12-10-13-20-36)37-21-14-11-15-22-37)27-29-43(47)56-44-25-18-24-42-52(44)58(46-26-17-16-23-41(46)55(42,8)9)49-34-40(54(5,6)7)33-48(57)51(49)56/h10-34,50H,1-9H3/i1D3,10D,11D,12D,13D,14D,15D,19D,20D,21D,22D. The molecule has 0 unspecified atom stereocenters. The molecule has 3 heteroatoms. The van der Waals surface area contributed by atoms with Crippen molar-refractivity contribution in [2.24, 2.45) is 0 Å². The van der Waals surface area contributed by atoms with Crippen molar-refractivity contribution < 1.29 is 17.8 Å². The molecule has 3 heterocycles. The number of benzene rings is 7. The Labute approximate surface area is 364 Å². The minimum Gasteiger partial charge on any atom is -0.311 e. The monoisotopic (exact) mass is 766 g/mol. The molecule has 0 bridgehead atoms. The third-order valence-corrected chi connectivity index (χ3v) is 12.5. The van der Waals surface area contributed by atoms with Gasteiger partial charge in [-0.1, -0.05) is 176 Å². The van der Waals surface area contributed by atoms with Crippen LogP contribution in [0.3, 0.4) is 0 Å². The van der Waals surface area contributed by atoms with Crippen molar-refractivity contribution in [2.75, 3.05) is 9.80 Å². The van der Waals surface area contributed by atoms with Crippen molar-refractivity contribution in [1.82, 2.24) is 0 Å². The molecule has 0 fully saturated rings. The highest BCUT2D eigenvalue weighted by molar-refractivity contribution is 7.00. The zero-order chi connectivity index (χ0) is 51.5. The van der Waals surface area contributed by atoms with E-state index < -0.39 is 96.2 Å². The summed E-state index contributed by atoms with van der Waals surface area (Å²) in [5.41, 5.74) is 10.1. The number of fused-ring (bicyclic) bond motifs is 6. The Morgan fingerprint density at radius 1 is 0.552 bits per heavy atom. The van der Waals surface area contributed by atoms with E-state index in [0.29, 0.717) is 11.4 Å². The predicted molar refractivity (Wildman–Crippen MR) is 249 cm³/mol. The molecule has 0 N–H and O–H groups in total. The van der Waals surface area contributed by atoms with Crippen LogP contribution >= 0.6 is 0 Å². The second-order valence-corrected chi connectivity index (χ2v) is 18.5. The van der Waals surface area contributed by atoms with Crippen LogP contribution in [0.5, 0.6) is 0 Å². The van der Waals surface area contributed by atoms with Gasteiger partial charge in [-0.05, 0) is 109 Å². The van der Waals surface area contributed by atoms with Gasteiger partial charge in [0, 0.05) is 43.9 Å². The zero-order valence-electron chi connectivity index (χ0n) is 47.2. The van der Waals surface area contributed by atoms with Crippen molar-refractivity contribution in [3.05, 3.63) is 196 Å². The fourth-order valence-electron chi connectivity index (χ4n) is 9.51. The third-order valence-electron chi connectivity index (χ3n) is 12.5. The van der Waals surface area contributed by atoms with Crippen LogP contribution in [-0.4, -0.2) is 6.71 Å². The van der Waals surface area contributed by atoms with Gasteiger partial charge in [-0.3, -0.25) is 0 Å². The molecule has 0 aromatic heterocycles. The molecule has 0 saturated carbocycles. The Bertz CT molecular complexity index is 3330. The second kappa shape index (κ2) is 12.9. The summed E-state index contributed by atoms with van der Waals surface area (Å²) in [5.74, 6) is -1.49. The lowest BCUT2D eigenvalue weighted by Crippen LogP contribution is -2.62. The van der Waals surface area contributed by atoms with Crippen LogP contribution in [0.2, 0.25) is 0 Å². The van der Waals surface area contributed by atoms with Crippen LogP contribution in [0.4, 0.5) is 34.1 Å². The van der Waals surface area contributed by atoms with Gasteiger partial charge >= 0.3 is 0 Å². The van der Waals surface area contributed by atoms with Gasteiger partial charge in [0.2, 0.25) is 0 Å². The van der Waals surface area contributed by atoms with Crippen LogP contribution in [0, 0.1) is 6.85 Å². The van der Waals surface area contributed by atoms with E-state index in [1.165, 1.54) is 0 Å². The van der Waals surface area contributed by atoms with E-state index in [1.807, 2.05) is 43.9 Å². The molecule has 0 radical (unpaired) electrons. The summed E-state index contributed by atoms with van der Waals surface area (Å²) in [5, 5.41) is 0. The second-order valence-electron chi connectivity index (χ2n) is 18.5. The molecule has 0 saturated heterocycles. The summed E-state index contributed by atoms with van der Waals surface area (Å²) in [6.07, 6.45) is 0. The molecule has 7 aromatic carbocycles. The van der Waals surface area contributed by atoms with E-state index in [1.54, 1.807) is 18.2 Å². The van der Waals surface area contributed by atoms with Crippen molar-refractivity contribution in [2.45, 2.75) is 84.4 Å². The van der Waals surface area contributed by atoms with E-state index in [9.17, 15) is 5.48 Å². The average Bonchev–Trinajstić information content (AvgIpc) is 3.31. The predicted octanol–water partition coefficient (Wildman–Crippen LogP) is 12.5. The van der Waals surface area contributed by atoms with E-state index in [4.69, 9.17) is 12.3 Å². The van der Waals surface area contributed by atoms with Gasteiger partial charge in [0.25, 0.3) is 6.71 Å². The Morgan fingerprint density at radius 2 is 1.19 bits per heavy atom. The molecular weight excluding hydrogens is 699 g/mol. The van der Waals surface area contributed by atoms with Gasteiger partial charge < -0.3 is 9.80 Å². The molecule has 0 atom stereocenters. The Kier molecular flexibility index (Phi) is 5.51. The summed E-state index contributed by atoms with van der Waals surface area (Å²) in [7, 11) is 0. The maximum absolute atomic E-state index is 9.28. The largest absolute Gasteiger partial charge is 0.311 e. The number of hydrogen-bond acceptors (Lipinski definition) is 2. The summed E-state index contributed by atoms with van der Waals surface area (Å²) < 4.78 is 117. The molecule has 3 aliphatic heterocycles. The summed E-state index contributed by atoms with van der Waals surface area (Å²) in [6.45, 7) is 13.9. The quantitative estimate of drug-likeness (QED) is 0.130. The first-order chi connectivity index (χ1) is 33.1. The van der Waals surface area contributed by atoms with Gasteiger partial charge in [-0.2, -0.15) is 0 Å². The van der Waals surface area contributed by atoms with E-state index in [0.717, 1.165) is 61.4 Å². The fraction of sp³-hybridized carbons (Fsp3) is 0.236. The lowest BCUT2D eigenvalue weighted by Gasteiger charge is -2.50. The Morgan fingerprint density at radius 3 is 1.84 bits per heavy atom. The van der Waals surface area contributed by atoms with Gasteiger partial charge in [0.1, 0.15) is 0 Å². The number of nitrogens with zero attached hydrogens (tertiary/aromatic N) is 2. The van der Waals surface area contributed by atoms with Crippen LogP contribution in [-0.2, 0) is 16.2 Å². The highest BCUT2D eigenvalue weighted by Crippen LogP contribution is 2.54. The van der Waals surface area contributed by atoms with Crippen molar-refractivity contribution in [3.8, 4) is 0 Å². The molecule has 58 heavy (non-hydrogen) atoms. The van der Waals surface area contributed by atoms with Crippen molar-refractivity contribution >= 4 is 57.2 Å². The molecule has 2 nitrogen and oxygen atoms in total. The molecule has 10 rings (SSSR count). The number of aryl methyl sites for hydroxylation is 1. The Hall–Kier alpha value is -5.80.